The number of hydrogen-bond donors (Lipinski definition) is 1. The zero-order valence-electron chi connectivity index (χ0n) is 8.42. The lowest BCUT2D eigenvalue weighted by Crippen LogP contribution is -2.40. The minimum absolute atomic E-state index is 0.0989. The first-order chi connectivity index (χ1) is 5.49. The van der Waals surface area contributed by atoms with Gasteiger partial charge in [-0.2, -0.15) is 0 Å². The topological polar surface area (TPSA) is 21.3 Å². The molecule has 1 saturated heterocycles. The minimum Gasteiger partial charge on any atom is -0.356 e. The van der Waals surface area contributed by atoms with Crippen molar-refractivity contribution in [3.63, 3.8) is 0 Å². The molecule has 2 rings (SSSR count). The lowest BCUT2D eigenvalue weighted by Gasteiger charge is -2.22. The Morgan fingerprint density at radius 1 is 1.25 bits per heavy atom. The molecule has 2 fully saturated rings. The summed E-state index contributed by atoms with van der Waals surface area (Å²) in [4.78, 5) is 0. The number of hydrogen-bond acceptors (Lipinski definition) is 2. The Hall–Kier alpha value is -0.0800. The van der Waals surface area contributed by atoms with E-state index in [9.17, 15) is 0 Å². The molecule has 0 aromatic heterocycles. The van der Waals surface area contributed by atoms with Crippen LogP contribution in [0.2, 0.25) is 0 Å². The monoisotopic (exact) mass is 169 g/mol. The second-order valence-corrected chi connectivity index (χ2v) is 4.95. The fourth-order valence-corrected chi connectivity index (χ4v) is 2.73. The van der Waals surface area contributed by atoms with Gasteiger partial charge < -0.3 is 4.74 Å². The van der Waals surface area contributed by atoms with Crippen LogP contribution in [-0.4, -0.2) is 17.9 Å². The lowest BCUT2D eigenvalue weighted by atomic mass is 10.1. The fourth-order valence-electron chi connectivity index (χ4n) is 2.73. The lowest BCUT2D eigenvalue weighted by molar-refractivity contribution is -0.0402. The van der Waals surface area contributed by atoms with Crippen molar-refractivity contribution in [1.82, 2.24) is 5.32 Å². The molecule has 0 aromatic rings. The van der Waals surface area contributed by atoms with Crippen molar-refractivity contribution < 1.29 is 4.74 Å². The molecule has 4 atom stereocenters. The van der Waals surface area contributed by atoms with E-state index in [1.165, 1.54) is 6.42 Å². The molecule has 2 aliphatic rings. The van der Waals surface area contributed by atoms with Gasteiger partial charge in [0.25, 0.3) is 0 Å². The Bertz CT molecular complexity index is 172. The predicted molar refractivity (Wildman–Crippen MR) is 48.8 cm³/mol. The first kappa shape index (κ1) is 8.52. The van der Waals surface area contributed by atoms with Gasteiger partial charge in [0.15, 0.2) is 0 Å². The number of ether oxygens (including phenoxy) is 1. The van der Waals surface area contributed by atoms with Crippen molar-refractivity contribution in [2.75, 3.05) is 0 Å². The highest BCUT2D eigenvalue weighted by Gasteiger charge is 2.49. The predicted octanol–water partition coefficient (Wildman–Crippen LogP) is 1.76. The van der Waals surface area contributed by atoms with Crippen LogP contribution in [0.4, 0.5) is 0 Å². The molecule has 1 N–H and O–H groups in total. The van der Waals surface area contributed by atoms with Crippen molar-refractivity contribution in [3.05, 3.63) is 0 Å². The summed E-state index contributed by atoms with van der Waals surface area (Å²) in [6.07, 6.45) is 1.76. The van der Waals surface area contributed by atoms with E-state index in [2.05, 4.69) is 33.0 Å². The van der Waals surface area contributed by atoms with Crippen LogP contribution in [0, 0.1) is 11.8 Å². The average molecular weight is 169 g/mol. The summed E-state index contributed by atoms with van der Waals surface area (Å²) >= 11 is 0. The van der Waals surface area contributed by atoms with Crippen LogP contribution >= 0.6 is 0 Å². The first-order valence-corrected chi connectivity index (χ1v) is 4.95. The third-order valence-corrected chi connectivity index (χ3v) is 3.22. The summed E-state index contributed by atoms with van der Waals surface area (Å²) < 4.78 is 5.94. The second kappa shape index (κ2) is 2.46. The summed E-state index contributed by atoms with van der Waals surface area (Å²) in [7, 11) is 0. The Morgan fingerprint density at radius 3 is 2.50 bits per heavy atom. The molecular formula is C10H19NO. The molecule has 2 nitrogen and oxygen atoms in total. The molecule has 70 valence electrons. The van der Waals surface area contributed by atoms with E-state index in [0.717, 1.165) is 11.8 Å². The molecule has 0 radical (unpaired) electrons. The number of rotatable bonds is 0. The van der Waals surface area contributed by atoms with Gasteiger partial charge in [-0.25, -0.2) is 0 Å². The van der Waals surface area contributed by atoms with Gasteiger partial charge in [-0.15, -0.1) is 0 Å². The number of nitrogens with one attached hydrogen (secondary N) is 1. The van der Waals surface area contributed by atoms with Crippen LogP contribution in [0.3, 0.4) is 0 Å². The van der Waals surface area contributed by atoms with Gasteiger partial charge in [0.05, 0.1) is 6.10 Å². The Balaban J connectivity index is 2.15. The molecule has 0 spiro atoms. The Kier molecular flexibility index (Phi) is 1.74. The van der Waals surface area contributed by atoms with E-state index >= 15 is 0 Å². The van der Waals surface area contributed by atoms with Crippen LogP contribution < -0.4 is 5.32 Å². The van der Waals surface area contributed by atoms with Crippen LogP contribution in [0.5, 0.6) is 0 Å². The largest absolute Gasteiger partial charge is 0.356 e. The highest BCUT2D eigenvalue weighted by molar-refractivity contribution is 5.00. The van der Waals surface area contributed by atoms with Crippen LogP contribution in [-0.2, 0) is 4.74 Å². The first-order valence-electron chi connectivity index (χ1n) is 4.95. The Labute approximate surface area is 74.7 Å². The molecule has 0 unspecified atom stereocenters. The summed E-state index contributed by atoms with van der Waals surface area (Å²) in [5.41, 5.74) is -0.0989. The van der Waals surface area contributed by atoms with Crippen LogP contribution in [0.1, 0.15) is 34.1 Å². The molecule has 0 bridgehead atoms. The van der Waals surface area contributed by atoms with Crippen LogP contribution in [0.15, 0.2) is 0 Å². The molecular weight excluding hydrogens is 150 g/mol. The Morgan fingerprint density at radius 2 is 1.92 bits per heavy atom. The smallest absolute Gasteiger partial charge is 0.114 e. The second-order valence-electron chi connectivity index (χ2n) is 4.95. The van der Waals surface area contributed by atoms with Gasteiger partial charge >= 0.3 is 0 Å². The van der Waals surface area contributed by atoms with Crippen molar-refractivity contribution in [1.29, 1.82) is 0 Å². The molecule has 2 heteroatoms. The molecule has 1 heterocycles. The molecule has 1 saturated carbocycles. The normalized spacial score (nSPS) is 51.0. The average Bonchev–Trinajstić information content (AvgIpc) is 2.34. The third kappa shape index (κ3) is 1.17. The van der Waals surface area contributed by atoms with Gasteiger partial charge in [0, 0.05) is 6.04 Å². The van der Waals surface area contributed by atoms with E-state index in [0.29, 0.717) is 12.1 Å². The van der Waals surface area contributed by atoms with Crippen molar-refractivity contribution in [2.45, 2.75) is 52.0 Å². The third-order valence-electron chi connectivity index (χ3n) is 3.22. The summed E-state index contributed by atoms with van der Waals surface area (Å²) in [6.45, 7) is 8.85. The molecule has 12 heavy (non-hydrogen) atoms. The standard InChI is InChI=1S/C10H19NO/c1-6-5-7(2)9-8(6)11-10(3,4)12-9/h6-9,11H,5H2,1-4H3/t6-,7+,8+,9-/m1/s1. The van der Waals surface area contributed by atoms with Crippen molar-refractivity contribution >= 4 is 0 Å². The number of fused-ring (bicyclic) bond motifs is 1. The molecule has 1 aliphatic carbocycles. The summed E-state index contributed by atoms with van der Waals surface area (Å²) in [6, 6.07) is 0.593. The zero-order chi connectivity index (χ0) is 8.93. The van der Waals surface area contributed by atoms with Crippen LogP contribution in [0.25, 0.3) is 0 Å². The maximum atomic E-state index is 5.94. The minimum atomic E-state index is -0.0989. The van der Waals surface area contributed by atoms with Gasteiger partial charge in [0.1, 0.15) is 5.72 Å². The van der Waals surface area contributed by atoms with Gasteiger partial charge in [-0.1, -0.05) is 13.8 Å². The van der Waals surface area contributed by atoms with E-state index < -0.39 is 0 Å². The van der Waals surface area contributed by atoms with Gasteiger partial charge in [-0.3, -0.25) is 5.32 Å². The zero-order valence-corrected chi connectivity index (χ0v) is 8.42. The summed E-state index contributed by atoms with van der Waals surface area (Å²) in [5.74, 6) is 1.49. The molecule has 0 aromatic carbocycles. The van der Waals surface area contributed by atoms with Gasteiger partial charge in [0.2, 0.25) is 0 Å². The maximum absolute atomic E-state index is 5.94. The fraction of sp³-hybridized carbons (Fsp3) is 1.00. The summed E-state index contributed by atoms with van der Waals surface area (Å²) in [5, 5.41) is 3.55. The maximum Gasteiger partial charge on any atom is 0.114 e. The van der Waals surface area contributed by atoms with Gasteiger partial charge in [-0.05, 0) is 32.1 Å². The van der Waals surface area contributed by atoms with E-state index in [1.807, 2.05) is 0 Å². The highest BCUT2D eigenvalue weighted by Crippen LogP contribution is 2.39. The van der Waals surface area contributed by atoms with Crippen molar-refractivity contribution in [2.24, 2.45) is 11.8 Å². The van der Waals surface area contributed by atoms with E-state index in [1.54, 1.807) is 0 Å². The quantitative estimate of drug-likeness (QED) is 0.596. The molecule has 0 amide bonds. The molecule has 1 aliphatic heterocycles. The highest BCUT2D eigenvalue weighted by atomic mass is 16.5. The van der Waals surface area contributed by atoms with Crippen molar-refractivity contribution in [3.8, 4) is 0 Å². The van der Waals surface area contributed by atoms with E-state index in [-0.39, 0.29) is 5.72 Å². The van der Waals surface area contributed by atoms with E-state index in [4.69, 9.17) is 4.74 Å². The SMILES string of the molecule is C[C@@H]1C[C@H](C)[C@H]2OC(C)(C)N[C@H]21.